The van der Waals surface area contributed by atoms with Crippen LogP contribution in [0.2, 0.25) is 0 Å². The Morgan fingerprint density at radius 3 is 2.29 bits per heavy atom. The Labute approximate surface area is 128 Å². The number of amides is 1. The van der Waals surface area contributed by atoms with Gasteiger partial charge in [-0.05, 0) is 37.4 Å². The van der Waals surface area contributed by atoms with Crippen LogP contribution < -0.4 is 10.6 Å². The average molecular weight is 288 g/mol. The van der Waals surface area contributed by atoms with Gasteiger partial charge in [-0.3, -0.25) is 4.79 Å². The van der Waals surface area contributed by atoms with Crippen LogP contribution >= 0.6 is 0 Å². The zero-order chi connectivity index (χ0) is 15.1. The van der Waals surface area contributed by atoms with E-state index in [1.54, 1.807) is 0 Å². The molecule has 0 aliphatic heterocycles. The molecule has 2 N–H and O–H groups in total. The summed E-state index contributed by atoms with van der Waals surface area (Å²) in [6.07, 6.45) is 7.63. The summed E-state index contributed by atoms with van der Waals surface area (Å²) >= 11 is 0. The second kappa shape index (κ2) is 7.60. The molecule has 1 amide bonds. The van der Waals surface area contributed by atoms with Gasteiger partial charge < -0.3 is 10.6 Å². The number of benzene rings is 1. The van der Waals surface area contributed by atoms with Crippen molar-refractivity contribution < 1.29 is 4.79 Å². The van der Waals surface area contributed by atoms with Crippen LogP contribution in [0.3, 0.4) is 0 Å². The normalized spacial score (nSPS) is 17.4. The Hall–Kier alpha value is -1.35. The van der Waals surface area contributed by atoms with Crippen molar-refractivity contribution in [2.45, 2.75) is 64.0 Å². The van der Waals surface area contributed by atoms with E-state index < -0.39 is 0 Å². The molecule has 0 spiro atoms. The maximum atomic E-state index is 12.2. The summed E-state index contributed by atoms with van der Waals surface area (Å²) in [6, 6.07) is 8.48. The zero-order valence-electron chi connectivity index (χ0n) is 13.4. The van der Waals surface area contributed by atoms with Crippen molar-refractivity contribution >= 4 is 5.91 Å². The Morgan fingerprint density at radius 2 is 1.71 bits per heavy atom. The summed E-state index contributed by atoms with van der Waals surface area (Å²) in [5, 5.41) is 6.46. The average Bonchev–Trinajstić information content (AvgIpc) is 2.54. The van der Waals surface area contributed by atoms with Gasteiger partial charge in [-0.1, -0.05) is 50.5 Å². The van der Waals surface area contributed by atoms with Gasteiger partial charge in [-0.2, -0.15) is 0 Å². The first-order chi connectivity index (χ1) is 10.2. The molecule has 1 aliphatic rings. The molecule has 1 fully saturated rings. The van der Waals surface area contributed by atoms with Crippen LogP contribution in [0.5, 0.6) is 0 Å². The monoisotopic (exact) mass is 288 g/mol. The first-order valence-corrected chi connectivity index (χ1v) is 8.21. The van der Waals surface area contributed by atoms with Crippen LogP contribution in [0.15, 0.2) is 24.3 Å². The number of nitrogens with one attached hydrogen (secondary N) is 2. The van der Waals surface area contributed by atoms with E-state index in [-0.39, 0.29) is 11.4 Å². The molecular weight excluding hydrogens is 260 g/mol. The summed E-state index contributed by atoms with van der Waals surface area (Å²) in [5.41, 5.74) is 2.53. The number of hydrogen-bond acceptors (Lipinski definition) is 2. The molecule has 21 heavy (non-hydrogen) atoms. The molecular formula is C18H28N2O. The van der Waals surface area contributed by atoms with Crippen molar-refractivity contribution in [1.82, 2.24) is 10.6 Å². The summed E-state index contributed by atoms with van der Waals surface area (Å²) in [6.45, 7) is 2.78. The molecule has 0 saturated heterocycles. The van der Waals surface area contributed by atoms with Crippen molar-refractivity contribution in [3.8, 4) is 0 Å². The highest BCUT2D eigenvalue weighted by Crippen LogP contribution is 2.30. The largest absolute Gasteiger partial charge is 0.352 e. The minimum atomic E-state index is 0.0222. The van der Waals surface area contributed by atoms with Gasteiger partial charge >= 0.3 is 0 Å². The Balaban J connectivity index is 1.83. The number of carbonyl (C=O) groups excluding carboxylic acids is 1. The van der Waals surface area contributed by atoms with E-state index >= 15 is 0 Å². The standard InChI is InChI=1S/C18H28N2O/c1-3-15-7-9-16(10-8-15)14-20-17(21)13-18(19-2)11-5-4-6-12-18/h7-10,19H,3-6,11-14H2,1-2H3,(H,20,21). The quantitative estimate of drug-likeness (QED) is 0.844. The number of rotatable bonds is 6. The van der Waals surface area contributed by atoms with Gasteiger partial charge in [0.25, 0.3) is 0 Å². The smallest absolute Gasteiger partial charge is 0.222 e. The highest BCUT2D eigenvalue weighted by molar-refractivity contribution is 5.77. The van der Waals surface area contributed by atoms with Gasteiger partial charge in [0, 0.05) is 18.5 Å². The van der Waals surface area contributed by atoms with Crippen LogP contribution in [0, 0.1) is 0 Å². The SMILES string of the molecule is CCc1ccc(CNC(=O)CC2(NC)CCCCC2)cc1. The molecule has 116 valence electrons. The van der Waals surface area contributed by atoms with Gasteiger partial charge in [0.1, 0.15) is 0 Å². The number of hydrogen-bond donors (Lipinski definition) is 2. The number of aryl methyl sites for hydroxylation is 1. The fourth-order valence-electron chi connectivity index (χ4n) is 3.21. The van der Waals surface area contributed by atoms with Gasteiger partial charge in [0.05, 0.1) is 0 Å². The second-order valence-electron chi connectivity index (χ2n) is 6.21. The van der Waals surface area contributed by atoms with Crippen molar-refractivity contribution in [2.75, 3.05) is 7.05 Å². The van der Waals surface area contributed by atoms with E-state index in [4.69, 9.17) is 0 Å². The van der Waals surface area contributed by atoms with E-state index in [0.29, 0.717) is 13.0 Å². The maximum Gasteiger partial charge on any atom is 0.222 e. The lowest BCUT2D eigenvalue weighted by molar-refractivity contribution is -0.123. The Kier molecular flexibility index (Phi) is 5.80. The van der Waals surface area contributed by atoms with Crippen LogP contribution in [0.4, 0.5) is 0 Å². The van der Waals surface area contributed by atoms with Crippen molar-refractivity contribution in [1.29, 1.82) is 0 Å². The minimum absolute atomic E-state index is 0.0222. The lowest BCUT2D eigenvalue weighted by Crippen LogP contribution is -2.48. The van der Waals surface area contributed by atoms with Crippen molar-refractivity contribution in [3.63, 3.8) is 0 Å². The number of carbonyl (C=O) groups is 1. The molecule has 3 heteroatoms. The molecule has 0 aromatic heterocycles. The van der Waals surface area contributed by atoms with Crippen LogP contribution in [-0.2, 0) is 17.8 Å². The molecule has 1 aliphatic carbocycles. The van der Waals surface area contributed by atoms with Crippen LogP contribution in [0.1, 0.15) is 56.6 Å². The molecule has 0 unspecified atom stereocenters. The Bertz CT molecular complexity index is 447. The third-order valence-electron chi connectivity index (χ3n) is 4.76. The van der Waals surface area contributed by atoms with Gasteiger partial charge in [-0.15, -0.1) is 0 Å². The van der Waals surface area contributed by atoms with Gasteiger partial charge in [0.2, 0.25) is 5.91 Å². The minimum Gasteiger partial charge on any atom is -0.352 e. The fraction of sp³-hybridized carbons (Fsp3) is 0.611. The van der Waals surface area contributed by atoms with E-state index in [2.05, 4.69) is 41.8 Å². The molecule has 3 nitrogen and oxygen atoms in total. The highest BCUT2D eigenvalue weighted by Gasteiger charge is 2.32. The predicted octanol–water partition coefficient (Wildman–Crippen LogP) is 3.18. The lowest BCUT2D eigenvalue weighted by Gasteiger charge is -2.36. The van der Waals surface area contributed by atoms with Gasteiger partial charge in [0.15, 0.2) is 0 Å². The first-order valence-electron chi connectivity index (χ1n) is 8.21. The summed E-state index contributed by atoms with van der Waals surface area (Å²) in [7, 11) is 1.99. The molecule has 2 rings (SSSR count). The van der Waals surface area contributed by atoms with Crippen molar-refractivity contribution in [2.24, 2.45) is 0 Å². The molecule has 0 radical (unpaired) electrons. The highest BCUT2D eigenvalue weighted by atomic mass is 16.1. The molecule has 0 heterocycles. The van der Waals surface area contributed by atoms with Crippen LogP contribution in [-0.4, -0.2) is 18.5 Å². The first kappa shape index (κ1) is 16.0. The summed E-state index contributed by atoms with van der Waals surface area (Å²) < 4.78 is 0. The summed E-state index contributed by atoms with van der Waals surface area (Å²) in [5.74, 6) is 0.158. The lowest BCUT2D eigenvalue weighted by atomic mass is 9.79. The van der Waals surface area contributed by atoms with Crippen LogP contribution in [0.25, 0.3) is 0 Å². The zero-order valence-corrected chi connectivity index (χ0v) is 13.4. The van der Waals surface area contributed by atoms with E-state index in [9.17, 15) is 4.79 Å². The molecule has 1 saturated carbocycles. The summed E-state index contributed by atoms with van der Waals surface area (Å²) in [4.78, 5) is 12.2. The molecule has 1 aromatic rings. The third-order valence-corrected chi connectivity index (χ3v) is 4.76. The topological polar surface area (TPSA) is 41.1 Å². The maximum absolute atomic E-state index is 12.2. The molecule has 1 aromatic carbocycles. The van der Waals surface area contributed by atoms with E-state index in [0.717, 1.165) is 19.3 Å². The second-order valence-corrected chi connectivity index (χ2v) is 6.21. The molecule has 0 atom stereocenters. The van der Waals surface area contributed by atoms with E-state index in [1.807, 2.05) is 7.05 Å². The Morgan fingerprint density at radius 1 is 1.10 bits per heavy atom. The van der Waals surface area contributed by atoms with Crippen molar-refractivity contribution in [3.05, 3.63) is 35.4 Å². The molecule has 0 bridgehead atoms. The van der Waals surface area contributed by atoms with Gasteiger partial charge in [-0.25, -0.2) is 0 Å². The third kappa shape index (κ3) is 4.57. The fourth-order valence-corrected chi connectivity index (χ4v) is 3.21. The van der Waals surface area contributed by atoms with E-state index in [1.165, 1.54) is 30.4 Å². The predicted molar refractivity (Wildman–Crippen MR) is 87.2 cm³/mol.